The molecule has 0 saturated heterocycles. The van der Waals surface area contributed by atoms with E-state index in [0.29, 0.717) is 5.75 Å². The second kappa shape index (κ2) is 11.5. The van der Waals surface area contributed by atoms with Crippen molar-refractivity contribution in [1.82, 2.24) is 5.32 Å². The molecule has 3 aromatic rings. The highest BCUT2D eigenvalue weighted by atomic mass is 32.2. The third kappa shape index (κ3) is 6.11. The van der Waals surface area contributed by atoms with E-state index in [0.717, 1.165) is 15.4 Å². The Morgan fingerprint density at radius 1 is 1.00 bits per heavy atom. The van der Waals surface area contributed by atoms with Crippen LogP contribution in [0.25, 0.3) is 0 Å². The molecular weight excluding hydrogens is 478 g/mol. The number of para-hydroxylation sites is 1. The third-order valence-corrected chi connectivity index (χ3v) is 7.13. The van der Waals surface area contributed by atoms with Gasteiger partial charge in [-0.05, 0) is 55.8 Å². The molecule has 8 nitrogen and oxygen atoms in total. The monoisotopic (exact) mass is 507 g/mol. The average Bonchev–Trinajstić information content (AvgIpc) is 2.86. The van der Waals surface area contributed by atoms with E-state index < -0.39 is 28.4 Å². The van der Waals surface area contributed by atoms with E-state index in [1.807, 2.05) is 13.8 Å². The first kappa shape index (κ1) is 26.5. The van der Waals surface area contributed by atoms with Crippen LogP contribution in [-0.2, 0) is 14.8 Å². The van der Waals surface area contributed by atoms with Gasteiger partial charge in [0.15, 0.2) is 0 Å². The van der Waals surface area contributed by atoms with Crippen LogP contribution in [0.5, 0.6) is 5.75 Å². The molecular formula is C27H29N3O5S. The van der Waals surface area contributed by atoms with Gasteiger partial charge < -0.3 is 15.4 Å². The van der Waals surface area contributed by atoms with Gasteiger partial charge in [-0.25, -0.2) is 8.42 Å². The van der Waals surface area contributed by atoms with Crippen molar-refractivity contribution < 1.29 is 22.7 Å². The van der Waals surface area contributed by atoms with Crippen LogP contribution in [0.1, 0.15) is 21.5 Å². The summed E-state index contributed by atoms with van der Waals surface area (Å²) in [6.45, 7) is 6.96. The van der Waals surface area contributed by atoms with Crippen LogP contribution in [-0.4, -0.2) is 40.4 Å². The summed E-state index contributed by atoms with van der Waals surface area (Å²) in [5.41, 5.74) is 2.42. The van der Waals surface area contributed by atoms with Crippen molar-refractivity contribution in [2.24, 2.45) is 0 Å². The van der Waals surface area contributed by atoms with Crippen LogP contribution in [0, 0.1) is 13.8 Å². The highest BCUT2D eigenvalue weighted by Gasteiger charge is 2.30. The Bertz CT molecular complexity index is 1370. The Balaban J connectivity index is 2.00. The van der Waals surface area contributed by atoms with Gasteiger partial charge in [0.1, 0.15) is 12.3 Å². The maximum absolute atomic E-state index is 13.7. The number of ether oxygens (including phenoxy) is 1. The molecule has 9 heteroatoms. The SMILES string of the molecule is C=CCNC(=O)c1ccccc1NC(=O)CN(c1cc(C)ccc1OC)S(=O)(=O)c1ccc(C)cc1. The normalized spacial score (nSPS) is 10.9. The van der Waals surface area contributed by atoms with Crippen molar-refractivity contribution in [3.63, 3.8) is 0 Å². The van der Waals surface area contributed by atoms with E-state index >= 15 is 0 Å². The zero-order chi connectivity index (χ0) is 26.3. The van der Waals surface area contributed by atoms with Gasteiger partial charge in [0.2, 0.25) is 5.91 Å². The number of rotatable bonds is 10. The molecule has 0 bridgehead atoms. The fourth-order valence-corrected chi connectivity index (χ4v) is 4.93. The standard InChI is InChI=1S/C27H29N3O5S/c1-5-16-28-27(32)22-8-6-7-9-23(22)29-26(31)18-30(24-17-20(3)12-15-25(24)35-4)36(33,34)21-13-10-19(2)11-14-21/h5-15,17H,1,16,18H2,2-4H3,(H,28,32)(H,29,31). The number of carbonyl (C=O) groups is 2. The summed E-state index contributed by atoms with van der Waals surface area (Å²) in [6, 6.07) is 18.0. The van der Waals surface area contributed by atoms with Gasteiger partial charge in [0, 0.05) is 6.54 Å². The predicted octanol–water partition coefficient (Wildman–Crippen LogP) is 4.06. The second-order valence-corrected chi connectivity index (χ2v) is 9.95. The minimum Gasteiger partial charge on any atom is -0.495 e. The van der Waals surface area contributed by atoms with E-state index in [-0.39, 0.29) is 28.4 Å². The van der Waals surface area contributed by atoms with Crippen LogP contribution in [0.15, 0.2) is 84.3 Å². The van der Waals surface area contributed by atoms with Gasteiger partial charge in [0.25, 0.3) is 15.9 Å². The molecule has 2 amide bonds. The number of anilines is 2. The van der Waals surface area contributed by atoms with Crippen molar-refractivity contribution in [1.29, 1.82) is 0 Å². The first-order valence-electron chi connectivity index (χ1n) is 11.2. The molecule has 2 N–H and O–H groups in total. The van der Waals surface area contributed by atoms with Crippen LogP contribution >= 0.6 is 0 Å². The highest BCUT2D eigenvalue weighted by molar-refractivity contribution is 7.92. The Hall–Kier alpha value is -4.11. The maximum atomic E-state index is 13.7. The molecule has 0 fully saturated rings. The van der Waals surface area contributed by atoms with Gasteiger partial charge in [-0.1, -0.05) is 42.0 Å². The van der Waals surface area contributed by atoms with Gasteiger partial charge in [-0.2, -0.15) is 0 Å². The number of hydrogen-bond donors (Lipinski definition) is 2. The summed E-state index contributed by atoms with van der Waals surface area (Å²) in [6.07, 6.45) is 1.54. The summed E-state index contributed by atoms with van der Waals surface area (Å²) in [7, 11) is -2.71. The number of nitrogens with zero attached hydrogens (tertiary/aromatic N) is 1. The van der Waals surface area contributed by atoms with E-state index in [9.17, 15) is 18.0 Å². The highest BCUT2D eigenvalue weighted by Crippen LogP contribution is 2.33. The van der Waals surface area contributed by atoms with Gasteiger partial charge in [-0.3, -0.25) is 13.9 Å². The number of nitrogens with one attached hydrogen (secondary N) is 2. The lowest BCUT2D eigenvalue weighted by Gasteiger charge is -2.26. The summed E-state index contributed by atoms with van der Waals surface area (Å²) in [5, 5.41) is 5.35. The zero-order valence-corrected chi connectivity index (χ0v) is 21.3. The maximum Gasteiger partial charge on any atom is 0.264 e. The fraction of sp³-hybridized carbons (Fsp3) is 0.185. The first-order valence-corrected chi connectivity index (χ1v) is 12.6. The molecule has 0 aromatic heterocycles. The average molecular weight is 508 g/mol. The lowest BCUT2D eigenvalue weighted by atomic mass is 10.1. The summed E-state index contributed by atoms with van der Waals surface area (Å²) >= 11 is 0. The molecule has 3 rings (SSSR count). The van der Waals surface area contributed by atoms with E-state index in [1.165, 1.54) is 19.2 Å². The molecule has 0 spiro atoms. The summed E-state index contributed by atoms with van der Waals surface area (Å²) in [4.78, 5) is 25.7. The van der Waals surface area contributed by atoms with E-state index in [4.69, 9.17) is 4.74 Å². The largest absolute Gasteiger partial charge is 0.495 e. The molecule has 0 aliphatic heterocycles. The molecule has 0 atom stereocenters. The molecule has 36 heavy (non-hydrogen) atoms. The summed E-state index contributed by atoms with van der Waals surface area (Å²) in [5.74, 6) is -0.721. The van der Waals surface area contributed by atoms with Crippen molar-refractivity contribution in [3.05, 3.63) is 96.1 Å². The molecule has 3 aromatic carbocycles. The minimum absolute atomic E-state index is 0.0358. The molecule has 0 heterocycles. The first-order chi connectivity index (χ1) is 17.2. The fourth-order valence-electron chi connectivity index (χ4n) is 3.50. The lowest BCUT2D eigenvalue weighted by Crippen LogP contribution is -2.38. The molecule has 0 aliphatic rings. The van der Waals surface area contributed by atoms with Gasteiger partial charge in [0.05, 0.1) is 28.9 Å². The predicted molar refractivity (Wildman–Crippen MR) is 141 cm³/mol. The number of methoxy groups -OCH3 is 1. The lowest BCUT2D eigenvalue weighted by molar-refractivity contribution is -0.114. The Morgan fingerprint density at radius 2 is 1.67 bits per heavy atom. The number of benzene rings is 3. The second-order valence-electron chi connectivity index (χ2n) is 8.09. The Morgan fingerprint density at radius 3 is 2.33 bits per heavy atom. The zero-order valence-electron chi connectivity index (χ0n) is 20.4. The van der Waals surface area contributed by atoms with Crippen molar-refractivity contribution >= 4 is 33.2 Å². The smallest absolute Gasteiger partial charge is 0.264 e. The number of amides is 2. The Labute approximate surface area is 211 Å². The quantitative estimate of drug-likeness (QED) is 0.403. The van der Waals surface area contributed by atoms with E-state index in [2.05, 4.69) is 17.2 Å². The topological polar surface area (TPSA) is 105 Å². The van der Waals surface area contributed by atoms with Crippen LogP contribution in [0.4, 0.5) is 11.4 Å². The third-order valence-electron chi connectivity index (χ3n) is 5.35. The van der Waals surface area contributed by atoms with Crippen LogP contribution in [0.3, 0.4) is 0 Å². The summed E-state index contributed by atoms with van der Waals surface area (Å²) < 4.78 is 33.9. The van der Waals surface area contributed by atoms with Crippen LogP contribution in [0.2, 0.25) is 0 Å². The molecule has 0 aliphatic carbocycles. The molecule has 0 radical (unpaired) electrons. The number of carbonyl (C=O) groups excluding carboxylic acids is 2. The minimum atomic E-state index is -4.14. The van der Waals surface area contributed by atoms with Crippen molar-refractivity contribution in [3.8, 4) is 5.75 Å². The van der Waals surface area contributed by atoms with Gasteiger partial charge in [-0.15, -0.1) is 6.58 Å². The van der Waals surface area contributed by atoms with Gasteiger partial charge >= 0.3 is 0 Å². The van der Waals surface area contributed by atoms with E-state index in [1.54, 1.807) is 60.7 Å². The molecule has 0 saturated carbocycles. The molecule has 0 unspecified atom stereocenters. The number of aryl methyl sites for hydroxylation is 2. The number of hydrogen-bond acceptors (Lipinski definition) is 5. The van der Waals surface area contributed by atoms with Crippen molar-refractivity contribution in [2.75, 3.05) is 29.8 Å². The molecule has 188 valence electrons. The Kier molecular flexibility index (Phi) is 8.50. The van der Waals surface area contributed by atoms with Crippen molar-refractivity contribution in [2.45, 2.75) is 18.7 Å². The van der Waals surface area contributed by atoms with Crippen LogP contribution < -0.4 is 19.7 Å². The number of sulfonamides is 1.